The van der Waals surface area contributed by atoms with E-state index in [9.17, 15) is 10.2 Å². The number of fused-ring (bicyclic) bond motifs is 1. The molecule has 0 spiro atoms. The summed E-state index contributed by atoms with van der Waals surface area (Å²) in [5.74, 6) is 0.126. The lowest BCUT2D eigenvalue weighted by atomic mass is 9.79. The van der Waals surface area contributed by atoms with Crippen LogP contribution in [0, 0.1) is 5.92 Å². The highest BCUT2D eigenvalue weighted by Crippen LogP contribution is 2.36. The van der Waals surface area contributed by atoms with Gasteiger partial charge in [0.15, 0.2) is 0 Å². The first-order valence-electron chi connectivity index (χ1n) is 7.13. The Balaban J connectivity index is 1.93. The molecule has 3 atom stereocenters. The lowest BCUT2D eigenvalue weighted by Crippen LogP contribution is -2.27. The summed E-state index contributed by atoms with van der Waals surface area (Å²) >= 11 is 0. The fourth-order valence-electron chi connectivity index (χ4n) is 2.77. The Labute approximate surface area is 115 Å². The fourth-order valence-corrected chi connectivity index (χ4v) is 2.77. The minimum absolute atomic E-state index is 0.126. The predicted octanol–water partition coefficient (Wildman–Crippen LogP) is 2.46. The van der Waals surface area contributed by atoms with Gasteiger partial charge in [0.25, 0.3) is 0 Å². The molecular weight excluding hydrogens is 240 g/mol. The van der Waals surface area contributed by atoms with Gasteiger partial charge in [0.2, 0.25) is 0 Å². The first-order chi connectivity index (χ1) is 9.08. The van der Waals surface area contributed by atoms with Crippen LogP contribution in [0.4, 0.5) is 0 Å². The number of ether oxygens (including phenoxy) is 1. The maximum atomic E-state index is 10.4. The van der Waals surface area contributed by atoms with Crippen LogP contribution in [0.2, 0.25) is 0 Å². The predicted molar refractivity (Wildman–Crippen MR) is 74.9 cm³/mol. The van der Waals surface area contributed by atoms with Gasteiger partial charge in [-0.05, 0) is 50.2 Å². The van der Waals surface area contributed by atoms with E-state index in [0.29, 0.717) is 13.0 Å². The van der Waals surface area contributed by atoms with Crippen LogP contribution < -0.4 is 0 Å². The Hall–Kier alpha value is -0.900. The molecule has 3 unspecified atom stereocenters. The summed E-state index contributed by atoms with van der Waals surface area (Å²) in [4.78, 5) is 0. The van der Waals surface area contributed by atoms with E-state index < -0.39 is 12.2 Å². The molecule has 3 nitrogen and oxygen atoms in total. The highest BCUT2D eigenvalue weighted by molar-refractivity contribution is 5.31. The molecule has 0 aliphatic heterocycles. The van der Waals surface area contributed by atoms with E-state index in [1.807, 2.05) is 32.0 Å². The molecule has 1 aromatic carbocycles. The molecule has 1 aromatic rings. The number of aryl methyl sites for hydroxylation is 1. The van der Waals surface area contributed by atoms with Crippen LogP contribution >= 0.6 is 0 Å². The summed E-state index contributed by atoms with van der Waals surface area (Å²) in [6.07, 6.45) is 1.69. The van der Waals surface area contributed by atoms with Gasteiger partial charge in [0, 0.05) is 0 Å². The number of rotatable bonds is 5. The van der Waals surface area contributed by atoms with Crippen LogP contribution in [-0.2, 0) is 11.2 Å². The zero-order valence-corrected chi connectivity index (χ0v) is 11.7. The summed E-state index contributed by atoms with van der Waals surface area (Å²) in [6.45, 7) is 4.26. The van der Waals surface area contributed by atoms with Crippen LogP contribution in [-0.4, -0.2) is 29.0 Å². The van der Waals surface area contributed by atoms with Gasteiger partial charge >= 0.3 is 0 Å². The molecule has 0 saturated heterocycles. The largest absolute Gasteiger partial charge is 0.391 e. The van der Waals surface area contributed by atoms with E-state index in [0.717, 1.165) is 18.4 Å². The minimum atomic E-state index is -0.493. The molecule has 106 valence electrons. The summed E-state index contributed by atoms with van der Waals surface area (Å²) in [5, 5.41) is 20.4. The van der Waals surface area contributed by atoms with Crippen molar-refractivity contribution in [1.29, 1.82) is 0 Å². The maximum Gasteiger partial charge on any atom is 0.0821 e. The van der Waals surface area contributed by atoms with Crippen LogP contribution in [0.25, 0.3) is 0 Å². The Bertz CT molecular complexity index is 403. The Morgan fingerprint density at radius 3 is 2.79 bits per heavy atom. The monoisotopic (exact) mass is 264 g/mol. The van der Waals surface area contributed by atoms with Gasteiger partial charge in [-0.3, -0.25) is 0 Å². The van der Waals surface area contributed by atoms with E-state index in [1.54, 1.807) is 0 Å². The van der Waals surface area contributed by atoms with Gasteiger partial charge in [-0.1, -0.05) is 24.3 Å². The van der Waals surface area contributed by atoms with Crippen molar-refractivity contribution < 1.29 is 14.9 Å². The molecule has 0 bridgehead atoms. The summed E-state index contributed by atoms with van der Waals surface area (Å²) in [6, 6.07) is 8.04. The molecule has 1 aliphatic rings. The SMILES string of the molecule is CC(C)OCC(O)CC1CCc2ccccc2C1O. The third-order valence-corrected chi connectivity index (χ3v) is 3.80. The lowest BCUT2D eigenvalue weighted by Gasteiger charge is -2.31. The summed E-state index contributed by atoms with van der Waals surface area (Å²) in [7, 11) is 0. The molecule has 0 fully saturated rings. The van der Waals surface area contributed by atoms with Crippen molar-refractivity contribution in [1.82, 2.24) is 0 Å². The van der Waals surface area contributed by atoms with Crippen molar-refractivity contribution in [3.63, 3.8) is 0 Å². The van der Waals surface area contributed by atoms with Gasteiger partial charge < -0.3 is 14.9 Å². The average Bonchev–Trinajstić information content (AvgIpc) is 2.40. The van der Waals surface area contributed by atoms with Crippen molar-refractivity contribution in [2.45, 2.75) is 51.4 Å². The molecule has 3 heteroatoms. The van der Waals surface area contributed by atoms with Crippen molar-refractivity contribution in [3.8, 4) is 0 Å². The Morgan fingerprint density at radius 1 is 1.32 bits per heavy atom. The van der Waals surface area contributed by atoms with Crippen LogP contribution in [0.5, 0.6) is 0 Å². The highest BCUT2D eigenvalue weighted by atomic mass is 16.5. The summed E-state index contributed by atoms with van der Waals surface area (Å²) < 4.78 is 5.42. The van der Waals surface area contributed by atoms with Crippen LogP contribution in [0.15, 0.2) is 24.3 Å². The second-order valence-corrected chi connectivity index (χ2v) is 5.71. The lowest BCUT2D eigenvalue weighted by molar-refractivity contribution is -0.0191. The Kier molecular flexibility index (Phi) is 4.97. The molecular formula is C16H24O3. The second-order valence-electron chi connectivity index (χ2n) is 5.71. The van der Waals surface area contributed by atoms with E-state index in [-0.39, 0.29) is 12.0 Å². The van der Waals surface area contributed by atoms with E-state index in [1.165, 1.54) is 5.56 Å². The van der Waals surface area contributed by atoms with Gasteiger partial charge in [0.1, 0.15) is 0 Å². The Morgan fingerprint density at radius 2 is 2.05 bits per heavy atom. The van der Waals surface area contributed by atoms with Gasteiger partial charge in [-0.15, -0.1) is 0 Å². The molecule has 0 radical (unpaired) electrons. The molecule has 0 saturated carbocycles. The highest BCUT2D eigenvalue weighted by Gasteiger charge is 2.29. The summed E-state index contributed by atoms with van der Waals surface area (Å²) in [5.41, 5.74) is 2.26. The van der Waals surface area contributed by atoms with Crippen LogP contribution in [0.3, 0.4) is 0 Å². The normalized spacial score (nSPS) is 24.3. The van der Waals surface area contributed by atoms with Crippen molar-refractivity contribution >= 4 is 0 Å². The quantitative estimate of drug-likeness (QED) is 0.859. The third-order valence-electron chi connectivity index (χ3n) is 3.80. The first kappa shape index (κ1) is 14.5. The zero-order chi connectivity index (χ0) is 13.8. The fraction of sp³-hybridized carbons (Fsp3) is 0.625. The molecule has 1 aliphatic carbocycles. The minimum Gasteiger partial charge on any atom is -0.391 e. The molecule has 0 aromatic heterocycles. The topological polar surface area (TPSA) is 49.7 Å². The molecule has 2 N–H and O–H groups in total. The van der Waals surface area contributed by atoms with E-state index in [4.69, 9.17) is 4.74 Å². The van der Waals surface area contributed by atoms with Gasteiger partial charge in [-0.25, -0.2) is 0 Å². The second kappa shape index (κ2) is 6.51. The van der Waals surface area contributed by atoms with Gasteiger partial charge in [0.05, 0.1) is 24.9 Å². The van der Waals surface area contributed by atoms with Crippen LogP contribution in [0.1, 0.15) is 43.9 Å². The smallest absolute Gasteiger partial charge is 0.0821 e. The van der Waals surface area contributed by atoms with Gasteiger partial charge in [-0.2, -0.15) is 0 Å². The number of aliphatic hydroxyl groups is 2. The molecule has 0 heterocycles. The molecule has 19 heavy (non-hydrogen) atoms. The molecule has 2 rings (SSSR count). The third kappa shape index (κ3) is 3.78. The van der Waals surface area contributed by atoms with Crippen molar-refractivity contribution in [2.75, 3.05) is 6.61 Å². The maximum absolute atomic E-state index is 10.4. The van der Waals surface area contributed by atoms with E-state index >= 15 is 0 Å². The van der Waals surface area contributed by atoms with E-state index in [2.05, 4.69) is 6.07 Å². The number of hydrogen-bond donors (Lipinski definition) is 2. The number of aliphatic hydroxyl groups excluding tert-OH is 2. The zero-order valence-electron chi connectivity index (χ0n) is 11.7. The average molecular weight is 264 g/mol. The number of hydrogen-bond acceptors (Lipinski definition) is 3. The first-order valence-corrected chi connectivity index (χ1v) is 7.13. The van der Waals surface area contributed by atoms with Crippen molar-refractivity contribution in [2.24, 2.45) is 5.92 Å². The molecule has 0 amide bonds. The number of benzene rings is 1. The van der Waals surface area contributed by atoms with Crippen molar-refractivity contribution in [3.05, 3.63) is 35.4 Å². The standard InChI is InChI=1S/C16H24O3/c1-11(2)19-10-14(17)9-13-8-7-12-5-3-4-6-15(12)16(13)18/h3-6,11,13-14,16-18H,7-10H2,1-2H3.